The van der Waals surface area contributed by atoms with Crippen molar-refractivity contribution in [1.82, 2.24) is 5.32 Å². The van der Waals surface area contributed by atoms with Crippen LogP contribution in [0.15, 0.2) is 23.8 Å². The highest BCUT2D eigenvalue weighted by Gasteiger charge is 2.09. The van der Waals surface area contributed by atoms with Crippen molar-refractivity contribution in [3.63, 3.8) is 0 Å². The summed E-state index contributed by atoms with van der Waals surface area (Å²) in [5.74, 6) is 0.788. The summed E-state index contributed by atoms with van der Waals surface area (Å²) >= 11 is 0. The Balaban J connectivity index is 2.93. The molecule has 0 aromatic heterocycles. The van der Waals surface area contributed by atoms with Crippen molar-refractivity contribution in [3.8, 4) is 17.6 Å². The second-order valence-corrected chi connectivity index (χ2v) is 4.39. The Bertz CT molecular complexity index is 559. The molecule has 0 radical (unpaired) electrons. The van der Waals surface area contributed by atoms with Crippen molar-refractivity contribution in [1.29, 1.82) is 5.26 Å². The molecule has 0 aliphatic carbocycles. The summed E-state index contributed by atoms with van der Waals surface area (Å²) < 4.78 is 10.3. The Labute approximate surface area is 125 Å². The number of hydrogen-bond acceptors (Lipinski definition) is 4. The van der Waals surface area contributed by atoms with Crippen LogP contribution in [0.1, 0.15) is 25.3 Å². The summed E-state index contributed by atoms with van der Waals surface area (Å²) in [5, 5.41) is 11.8. The van der Waals surface area contributed by atoms with Crippen LogP contribution in [0.25, 0.3) is 6.08 Å². The molecule has 0 aliphatic heterocycles. The summed E-state index contributed by atoms with van der Waals surface area (Å²) in [6, 6.07) is 7.13. The highest BCUT2D eigenvalue weighted by atomic mass is 16.5. The first-order valence-corrected chi connectivity index (χ1v) is 6.78. The molecule has 21 heavy (non-hydrogen) atoms. The van der Waals surface area contributed by atoms with Crippen LogP contribution in [0.4, 0.5) is 0 Å². The maximum absolute atomic E-state index is 11.9. The molecule has 0 aliphatic rings. The topological polar surface area (TPSA) is 71.4 Å². The van der Waals surface area contributed by atoms with Gasteiger partial charge in [0, 0.05) is 6.54 Å². The number of carbonyl (C=O) groups is 1. The number of amides is 1. The lowest BCUT2D eigenvalue weighted by atomic mass is 10.1. The summed E-state index contributed by atoms with van der Waals surface area (Å²) in [6.07, 6.45) is 3.41. The smallest absolute Gasteiger partial charge is 0.261 e. The van der Waals surface area contributed by atoms with Gasteiger partial charge in [-0.1, -0.05) is 19.4 Å². The van der Waals surface area contributed by atoms with Gasteiger partial charge < -0.3 is 14.8 Å². The van der Waals surface area contributed by atoms with Crippen LogP contribution >= 0.6 is 0 Å². The molecule has 0 saturated carbocycles. The minimum Gasteiger partial charge on any atom is -0.493 e. The Morgan fingerprint density at radius 3 is 2.62 bits per heavy atom. The molecule has 0 bridgehead atoms. The lowest BCUT2D eigenvalue weighted by Gasteiger charge is -2.08. The molecule has 0 atom stereocenters. The minimum atomic E-state index is -0.360. The van der Waals surface area contributed by atoms with E-state index in [1.165, 1.54) is 13.2 Å². The zero-order valence-electron chi connectivity index (χ0n) is 12.6. The van der Waals surface area contributed by atoms with E-state index in [0.717, 1.165) is 12.8 Å². The van der Waals surface area contributed by atoms with Gasteiger partial charge in [0.05, 0.1) is 14.2 Å². The SMILES string of the molecule is CCCCNC(=O)/C(C#N)=C/c1ccc(OC)c(OC)c1. The van der Waals surface area contributed by atoms with Crippen LogP contribution in [0.5, 0.6) is 11.5 Å². The molecule has 0 spiro atoms. The second kappa shape index (κ2) is 8.64. The maximum atomic E-state index is 11.9. The Kier molecular flexibility index (Phi) is 6.82. The number of unbranched alkanes of at least 4 members (excludes halogenated alkanes) is 1. The van der Waals surface area contributed by atoms with Gasteiger partial charge in [0.25, 0.3) is 5.91 Å². The fourth-order valence-electron chi connectivity index (χ4n) is 1.73. The Morgan fingerprint density at radius 2 is 2.05 bits per heavy atom. The number of methoxy groups -OCH3 is 2. The quantitative estimate of drug-likeness (QED) is 0.475. The van der Waals surface area contributed by atoms with Gasteiger partial charge in [0.15, 0.2) is 11.5 Å². The van der Waals surface area contributed by atoms with Gasteiger partial charge in [0.2, 0.25) is 0 Å². The van der Waals surface area contributed by atoms with Gasteiger partial charge >= 0.3 is 0 Å². The zero-order chi connectivity index (χ0) is 15.7. The van der Waals surface area contributed by atoms with Gasteiger partial charge in [-0.15, -0.1) is 0 Å². The number of hydrogen-bond donors (Lipinski definition) is 1. The molecular formula is C16H20N2O3. The molecule has 1 aromatic carbocycles. The summed E-state index contributed by atoms with van der Waals surface area (Å²) in [5.41, 5.74) is 0.771. The van der Waals surface area contributed by atoms with E-state index in [-0.39, 0.29) is 11.5 Å². The van der Waals surface area contributed by atoms with Crippen molar-refractivity contribution in [2.24, 2.45) is 0 Å². The summed E-state index contributed by atoms with van der Waals surface area (Å²) in [4.78, 5) is 11.9. The molecule has 0 heterocycles. The van der Waals surface area contributed by atoms with E-state index >= 15 is 0 Å². The van der Waals surface area contributed by atoms with E-state index in [0.29, 0.717) is 23.6 Å². The predicted octanol–water partition coefficient (Wildman–Crippen LogP) is 2.53. The number of carbonyl (C=O) groups excluding carboxylic acids is 1. The first kappa shape index (κ1) is 16.6. The summed E-state index contributed by atoms with van der Waals surface area (Å²) in [6.45, 7) is 2.61. The van der Waals surface area contributed by atoms with Crippen molar-refractivity contribution in [2.75, 3.05) is 20.8 Å². The first-order chi connectivity index (χ1) is 10.2. The molecule has 1 rings (SSSR count). The lowest BCUT2D eigenvalue weighted by molar-refractivity contribution is -0.117. The van der Waals surface area contributed by atoms with Crippen molar-refractivity contribution in [2.45, 2.75) is 19.8 Å². The van der Waals surface area contributed by atoms with Crippen molar-refractivity contribution >= 4 is 12.0 Å². The predicted molar refractivity (Wildman–Crippen MR) is 81.1 cm³/mol. The first-order valence-electron chi connectivity index (χ1n) is 6.78. The van der Waals surface area contributed by atoms with Gasteiger partial charge in [0.1, 0.15) is 11.6 Å². The monoisotopic (exact) mass is 288 g/mol. The van der Waals surface area contributed by atoms with Gasteiger partial charge in [-0.25, -0.2) is 0 Å². The molecule has 5 heteroatoms. The van der Waals surface area contributed by atoms with Crippen LogP contribution in [0.2, 0.25) is 0 Å². The highest BCUT2D eigenvalue weighted by molar-refractivity contribution is 6.01. The van der Waals surface area contributed by atoms with Crippen molar-refractivity contribution in [3.05, 3.63) is 29.3 Å². The van der Waals surface area contributed by atoms with E-state index in [9.17, 15) is 4.79 Å². The zero-order valence-corrected chi connectivity index (χ0v) is 12.6. The normalized spacial score (nSPS) is 10.7. The van der Waals surface area contributed by atoms with Crippen LogP contribution in [-0.4, -0.2) is 26.7 Å². The molecule has 1 amide bonds. The minimum absolute atomic E-state index is 0.0679. The molecule has 0 saturated heterocycles. The molecule has 1 aromatic rings. The van der Waals surface area contributed by atoms with E-state index in [4.69, 9.17) is 14.7 Å². The van der Waals surface area contributed by atoms with Crippen LogP contribution < -0.4 is 14.8 Å². The van der Waals surface area contributed by atoms with Crippen LogP contribution in [-0.2, 0) is 4.79 Å². The lowest BCUT2D eigenvalue weighted by Crippen LogP contribution is -2.25. The molecular weight excluding hydrogens is 268 g/mol. The highest BCUT2D eigenvalue weighted by Crippen LogP contribution is 2.28. The van der Waals surface area contributed by atoms with Crippen LogP contribution in [0.3, 0.4) is 0 Å². The van der Waals surface area contributed by atoms with Gasteiger partial charge in [-0.2, -0.15) is 5.26 Å². The maximum Gasteiger partial charge on any atom is 0.261 e. The van der Waals surface area contributed by atoms with E-state index in [1.54, 1.807) is 25.3 Å². The number of nitrogens with zero attached hydrogens (tertiary/aromatic N) is 1. The summed E-state index contributed by atoms with van der Waals surface area (Å²) in [7, 11) is 3.09. The van der Waals surface area contributed by atoms with Gasteiger partial charge in [-0.3, -0.25) is 4.79 Å². The average Bonchev–Trinajstić information content (AvgIpc) is 2.52. The average molecular weight is 288 g/mol. The number of nitrogens with one attached hydrogen (secondary N) is 1. The third kappa shape index (κ3) is 4.84. The fraction of sp³-hybridized carbons (Fsp3) is 0.375. The molecule has 0 unspecified atom stereocenters. The third-order valence-electron chi connectivity index (χ3n) is 2.90. The molecule has 1 N–H and O–H groups in total. The number of nitriles is 1. The standard InChI is InChI=1S/C16H20N2O3/c1-4-5-8-18-16(19)13(11-17)9-12-6-7-14(20-2)15(10-12)21-3/h6-7,9-10H,4-5,8H2,1-3H3,(H,18,19)/b13-9+. The largest absolute Gasteiger partial charge is 0.493 e. The molecule has 112 valence electrons. The number of rotatable bonds is 7. The molecule has 5 nitrogen and oxygen atoms in total. The molecule has 0 fully saturated rings. The Morgan fingerprint density at radius 1 is 1.33 bits per heavy atom. The van der Waals surface area contributed by atoms with Crippen molar-refractivity contribution < 1.29 is 14.3 Å². The van der Waals surface area contributed by atoms with Gasteiger partial charge in [-0.05, 0) is 30.2 Å². The number of ether oxygens (including phenoxy) is 2. The number of benzene rings is 1. The Hall–Kier alpha value is -2.48. The van der Waals surface area contributed by atoms with E-state index < -0.39 is 0 Å². The fourth-order valence-corrected chi connectivity index (χ4v) is 1.73. The van der Waals surface area contributed by atoms with E-state index in [1.807, 2.05) is 13.0 Å². The van der Waals surface area contributed by atoms with Crippen LogP contribution in [0, 0.1) is 11.3 Å². The third-order valence-corrected chi connectivity index (χ3v) is 2.90. The van der Waals surface area contributed by atoms with E-state index in [2.05, 4.69) is 5.32 Å². The second-order valence-electron chi connectivity index (χ2n) is 4.39.